The molecule has 2 heterocycles. The number of piperidine rings is 1. The maximum Gasteiger partial charge on any atom is 0.222 e. The highest BCUT2D eigenvalue weighted by molar-refractivity contribution is 5.79. The second-order valence-electron chi connectivity index (χ2n) is 9.34. The lowest BCUT2D eigenvalue weighted by atomic mass is 9.78. The van der Waals surface area contributed by atoms with E-state index >= 15 is 0 Å². The summed E-state index contributed by atoms with van der Waals surface area (Å²) in [5, 5.41) is 0. The summed E-state index contributed by atoms with van der Waals surface area (Å²) in [6.07, 6.45) is 9.25. The lowest BCUT2D eigenvalue weighted by molar-refractivity contribution is -0.138. The first-order chi connectivity index (χ1) is 14.7. The summed E-state index contributed by atoms with van der Waals surface area (Å²) in [6, 6.07) is 11.0. The summed E-state index contributed by atoms with van der Waals surface area (Å²) in [6.45, 7) is 5.34. The lowest BCUT2D eigenvalue weighted by Gasteiger charge is -2.44. The molecule has 3 aliphatic rings. The smallest absolute Gasteiger partial charge is 0.222 e. The first kappa shape index (κ1) is 21.4. The average Bonchev–Trinajstić information content (AvgIpc) is 2.79. The van der Waals surface area contributed by atoms with Crippen molar-refractivity contribution in [2.45, 2.75) is 70.4 Å². The standard InChI is InChI=1S/C25H37N3O2/c29-24(27-18-16-26(17-19-27)20-21-8-2-1-3-9-21)13-6-14-25(30)28-15-7-11-22-10-4-5-12-23(22)28/h1-3,8-9,22-23H,4-7,10-20H2. The summed E-state index contributed by atoms with van der Waals surface area (Å²) in [5.74, 6) is 1.23. The highest BCUT2D eigenvalue weighted by Crippen LogP contribution is 2.35. The number of rotatable bonds is 6. The van der Waals surface area contributed by atoms with E-state index in [1.807, 2.05) is 11.0 Å². The van der Waals surface area contributed by atoms with Crippen LogP contribution in [0.4, 0.5) is 0 Å². The number of nitrogens with zero attached hydrogens (tertiary/aromatic N) is 3. The summed E-state index contributed by atoms with van der Waals surface area (Å²) in [4.78, 5) is 32.0. The van der Waals surface area contributed by atoms with Gasteiger partial charge in [-0.3, -0.25) is 14.5 Å². The highest BCUT2D eigenvalue weighted by atomic mass is 16.2. The van der Waals surface area contributed by atoms with Gasteiger partial charge in [0.2, 0.25) is 11.8 Å². The molecule has 1 saturated carbocycles. The third-order valence-corrected chi connectivity index (χ3v) is 7.32. The molecule has 2 saturated heterocycles. The second-order valence-corrected chi connectivity index (χ2v) is 9.34. The quantitative estimate of drug-likeness (QED) is 0.717. The van der Waals surface area contributed by atoms with Gasteiger partial charge in [-0.1, -0.05) is 43.2 Å². The largest absolute Gasteiger partial charge is 0.340 e. The minimum atomic E-state index is 0.219. The van der Waals surface area contributed by atoms with Crippen LogP contribution in [0.1, 0.15) is 63.4 Å². The van der Waals surface area contributed by atoms with Gasteiger partial charge >= 0.3 is 0 Å². The Kier molecular flexibility index (Phi) is 7.42. The number of benzene rings is 1. The number of carbonyl (C=O) groups excluding carboxylic acids is 2. The van der Waals surface area contributed by atoms with Crippen LogP contribution in [0, 0.1) is 5.92 Å². The highest BCUT2D eigenvalue weighted by Gasteiger charge is 2.35. The van der Waals surface area contributed by atoms with Crippen LogP contribution in [0.5, 0.6) is 0 Å². The van der Waals surface area contributed by atoms with Crippen LogP contribution in [0.3, 0.4) is 0 Å². The normalized spacial score (nSPS) is 25.1. The minimum Gasteiger partial charge on any atom is -0.340 e. The van der Waals surface area contributed by atoms with Gasteiger partial charge in [-0.05, 0) is 43.6 Å². The summed E-state index contributed by atoms with van der Waals surface area (Å²) < 4.78 is 0. The van der Waals surface area contributed by atoms with E-state index in [1.54, 1.807) is 0 Å². The summed E-state index contributed by atoms with van der Waals surface area (Å²) in [7, 11) is 0. The van der Waals surface area contributed by atoms with Gasteiger partial charge < -0.3 is 9.80 Å². The Morgan fingerprint density at radius 1 is 0.800 bits per heavy atom. The number of piperazine rings is 1. The van der Waals surface area contributed by atoms with Gasteiger partial charge in [0.25, 0.3) is 0 Å². The Labute approximate surface area is 181 Å². The molecule has 164 valence electrons. The van der Waals surface area contributed by atoms with Crippen LogP contribution < -0.4 is 0 Å². The third-order valence-electron chi connectivity index (χ3n) is 7.32. The Morgan fingerprint density at radius 3 is 2.30 bits per heavy atom. The van der Waals surface area contributed by atoms with Gasteiger partial charge in [0.15, 0.2) is 0 Å². The van der Waals surface area contributed by atoms with Gasteiger partial charge in [-0.15, -0.1) is 0 Å². The van der Waals surface area contributed by atoms with E-state index in [0.717, 1.165) is 51.6 Å². The maximum atomic E-state index is 12.8. The van der Waals surface area contributed by atoms with E-state index in [0.29, 0.717) is 25.3 Å². The van der Waals surface area contributed by atoms with Gasteiger partial charge in [0.05, 0.1) is 0 Å². The van der Waals surface area contributed by atoms with Crippen molar-refractivity contribution in [2.75, 3.05) is 32.7 Å². The molecule has 30 heavy (non-hydrogen) atoms. The molecule has 2 atom stereocenters. The molecule has 2 amide bonds. The molecule has 0 spiro atoms. The third kappa shape index (κ3) is 5.42. The number of hydrogen-bond donors (Lipinski definition) is 0. The predicted octanol–water partition coefficient (Wildman–Crippen LogP) is 3.68. The molecule has 2 aliphatic heterocycles. The van der Waals surface area contributed by atoms with Gasteiger partial charge in [-0.2, -0.15) is 0 Å². The molecular formula is C25H37N3O2. The lowest BCUT2D eigenvalue weighted by Crippen LogP contribution is -2.49. The molecular weight excluding hydrogens is 374 g/mol. The number of carbonyl (C=O) groups is 2. The van der Waals surface area contributed by atoms with Crippen LogP contribution in [0.15, 0.2) is 30.3 Å². The van der Waals surface area contributed by atoms with E-state index in [2.05, 4.69) is 34.1 Å². The molecule has 0 N–H and O–H groups in total. The molecule has 3 fully saturated rings. The van der Waals surface area contributed by atoms with Crippen molar-refractivity contribution in [3.05, 3.63) is 35.9 Å². The zero-order chi connectivity index (χ0) is 20.8. The predicted molar refractivity (Wildman–Crippen MR) is 119 cm³/mol. The number of likely N-dealkylation sites (tertiary alicyclic amines) is 1. The van der Waals surface area contributed by atoms with Crippen molar-refractivity contribution in [1.29, 1.82) is 0 Å². The molecule has 0 aromatic heterocycles. The van der Waals surface area contributed by atoms with Gasteiger partial charge in [0, 0.05) is 58.2 Å². The zero-order valence-corrected chi connectivity index (χ0v) is 18.3. The van der Waals surface area contributed by atoms with E-state index in [1.165, 1.54) is 37.7 Å². The average molecular weight is 412 g/mol. The van der Waals surface area contributed by atoms with E-state index < -0.39 is 0 Å². The fraction of sp³-hybridized carbons (Fsp3) is 0.680. The molecule has 1 aliphatic carbocycles. The molecule has 4 rings (SSSR count). The molecule has 2 unspecified atom stereocenters. The Balaban J connectivity index is 1.16. The topological polar surface area (TPSA) is 43.9 Å². The van der Waals surface area contributed by atoms with Crippen LogP contribution in [0.2, 0.25) is 0 Å². The number of amides is 2. The van der Waals surface area contributed by atoms with Crippen molar-refractivity contribution in [1.82, 2.24) is 14.7 Å². The van der Waals surface area contributed by atoms with Crippen molar-refractivity contribution in [3.8, 4) is 0 Å². The molecule has 1 aromatic rings. The van der Waals surface area contributed by atoms with Crippen molar-refractivity contribution >= 4 is 11.8 Å². The first-order valence-electron chi connectivity index (χ1n) is 12.0. The van der Waals surface area contributed by atoms with Crippen molar-refractivity contribution in [3.63, 3.8) is 0 Å². The van der Waals surface area contributed by atoms with Gasteiger partial charge in [-0.25, -0.2) is 0 Å². The van der Waals surface area contributed by atoms with Crippen molar-refractivity contribution in [2.24, 2.45) is 5.92 Å². The van der Waals surface area contributed by atoms with Crippen LogP contribution in [0.25, 0.3) is 0 Å². The van der Waals surface area contributed by atoms with E-state index in [9.17, 15) is 9.59 Å². The Hall–Kier alpha value is -1.88. The fourth-order valence-electron chi connectivity index (χ4n) is 5.62. The van der Waals surface area contributed by atoms with E-state index in [4.69, 9.17) is 0 Å². The second kappa shape index (κ2) is 10.4. The molecule has 0 bridgehead atoms. The van der Waals surface area contributed by atoms with Crippen LogP contribution in [-0.2, 0) is 16.1 Å². The molecule has 0 radical (unpaired) electrons. The zero-order valence-electron chi connectivity index (χ0n) is 18.3. The summed E-state index contributed by atoms with van der Waals surface area (Å²) >= 11 is 0. The van der Waals surface area contributed by atoms with Crippen molar-refractivity contribution < 1.29 is 9.59 Å². The molecule has 1 aromatic carbocycles. The minimum absolute atomic E-state index is 0.219. The van der Waals surface area contributed by atoms with Crippen LogP contribution in [-0.4, -0.2) is 65.3 Å². The SMILES string of the molecule is O=C(CCCC(=O)N1CCCC2CCCCC21)N1CCN(Cc2ccccc2)CC1. The fourth-order valence-corrected chi connectivity index (χ4v) is 5.62. The van der Waals surface area contributed by atoms with Gasteiger partial charge in [0.1, 0.15) is 0 Å². The molecule has 5 nitrogen and oxygen atoms in total. The van der Waals surface area contributed by atoms with Crippen LogP contribution >= 0.6 is 0 Å². The molecule has 5 heteroatoms. The number of fused-ring (bicyclic) bond motifs is 1. The van der Waals surface area contributed by atoms with E-state index in [-0.39, 0.29) is 11.8 Å². The Morgan fingerprint density at radius 2 is 1.50 bits per heavy atom. The Bertz CT molecular complexity index is 698. The number of hydrogen-bond acceptors (Lipinski definition) is 3. The summed E-state index contributed by atoms with van der Waals surface area (Å²) in [5.41, 5.74) is 1.33. The monoisotopic (exact) mass is 411 g/mol. The first-order valence-corrected chi connectivity index (χ1v) is 12.0. The maximum absolute atomic E-state index is 12.8.